The zero-order valence-electron chi connectivity index (χ0n) is 9.74. The Labute approximate surface area is 91.7 Å². The monoisotopic (exact) mass is 214 g/mol. The molecular weight excluding hydrogens is 192 g/mol. The van der Waals surface area contributed by atoms with Crippen LogP contribution in [0.1, 0.15) is 39.5 Å². The SMILES string of the molecule is CC(N)CCCC(C)C(=O)N1CCCO1. The molecule has 0 aromatic carbocycles. The van der Waals surface area contributed by atoms with Gasteiger partial charge in [0.15, 0.2) is 0 Å². The molecule has 1 amide bonds. The Bertz CT molecular complexity index is 201. The minimum absolute atomic E-state index is 0.0573. The highest BCUT2D eigenvalue weighted by molar-refractivity contribution is 5.77. The van der Waals surface area contributed by atoms with E-state index in [2.05, 4.69) is 0 Å². The number of hydrogen-bond acceptors (Lipinski definition) is 3. The Morgan fingerprint density at radius 1 is 1.47 bits per heavy atom. The van der Waals surface area contributed by atoms with Crippen LogP contribution in [0.15, 0.2) is 0 Å². The molecule has 0 saturated carbocycles. The normalized spacial score (nSPS) is 20.3. The fourth-order valence-electron chi connectivity index (χ4n) is 1.74. The molecule has 1 rings (SSSR count). The largest absolute Gasteiger partial charge is 0.328 e. The van der Waals surface area contributed by atoms with E-state index >= 15 is 0 Å². The molecule has 2 atom stereocenters. The molecule has 0 spiro atoms. The van der Waals surface area contributed by atoms with Crippen LogP contribution < -0.4 is 5.73 Å². The highest BCUT2D eigenvalue weighted by Gasteiger charge is 2.23. The van der Waals surface area contributed by atoms with E-state index in [1.807, 2.05) is 13.8 Å². The van der Waals surface area contributed by atoms with Crippen LogP contribution in [-0.2, 0) is 9.63 Å². The summed E-state index contributed by atoms with van der Waals surface area (Å²) in [4.78, 5) is 17.0. The van der Waals surface area contributed by atoms with E-state index in [1.54, 1.807) is 0 Å². The van der Waals surface area contributed by atoms with E-state index in [-0.39, 0.29) is 17.9 Å². The van der Waals surface area contributed by atoms with E-state index in [0.29, 0.717) is 6.61 Å². The molecule has 1 saturated heterocycles. The summed E-state index contributed by atoms with van der Waals surface area (Å²) in [7, 11) is 0. The molecule has 0 bridgehead atoms. The average molecular weight is 214 g/mol. The molecule has 15 heavy (non-hydrogen) atoms. The third-order valence-corrected chi connectivity index (χ3v) is 2.72. The van der Waals surface area contributed by atoms with Gasteiger partial charge in [0, 0.05) is 12.0 Å². The van der Waals surface area contributed by atoms with Gasteiger partial charge in [0.1, 0.15) is 0 Å². The second kappa shape index (κ2) is 6.08. The molecule has 1 aliphatic heterocycles. The molecule has 0 radical (unpaired) electrons. The van der Waals surface area contributed by atoms with Crippen LogP contribution in [-0.4, -0.2) is 30.2 Å². The van der Waals surface area contributed by atoms with Crippen molar-refractivity contribution < 1.29 is 9.63 Å². The summed E-state index contributed by atoms with van der Waals surface area (Å²) in [5, 5.41) is 1.51. The van der Waals surface area contributed by atoms with E-state index in [1.165, 1.54) is 5.06 Å². The van der Waals surface area contributed by atoms with Crippen molar-refractivity contribution in [3.05, 3.63) is 0 Å². The number of nitrogens with zero attached hydrogens (tertiary/aromatic N) is 1. The van der Waals surface area contributed by atoms with E-state index in [0.717, 1.165) is 32.2 Å². The first-order valence-corrected chi connectivity index (χ1v) is 5.81. The van der Waals surface area contributed by atoms with Gasteiger partial charge in [-0.2, -0.15) is 0 Å². The Hall–Kier alpha value is -0.610. The third kappa shape index (κ3) is 4.18. The van der Waals surface area contributed by atoms with E-state index < -0.39 is 0 Å². The number of carbonyl (C=O) groups is 1. The van der Waals surface area contributed by atoms with Gasteiger partial charge in [0.25, 0.3) is 0 Å². The van der Waals surface area contributed by atoms with Crippen LogP contribution in [0.25, 0.3) is 0 Å². The highest BCUT2D eigenvalue weighted by Crippen LogP contribution is 2.15. The summed E-state index contributed by atoms with van der Waals surface area (Å²) in [6.07, 6.45) is 3.86. The van der Waals surface area contributed by atoms with Crippen LogP contribution in [0.2, 0.25) is 0 Å². The molecule has 1 fully saturated rings. The fourth-order valence-corrected chi connectivity index (χ4v) is 1.74. The second-order valence-electron chi connectivity index (χ2n) is 4.44. The molecule has 1 heterocycles. The van der Waals surface area contributed by atoms with Crippen LogP contribution in [0.4, 0.5) is 0 Å². The lowest BCUT2D eigenvalue weighted by molar-refractivity contribution is -0.173. The third-order valence-electron chi connectivity index (χ3n) is 2.72. The van der Waals surface area contributed by atoms with Crippen molar-refractivity contribution in [3.8, 4) is 0 Å². The minimum Gasteiger partial charge on any atom is -0.328 e. The number of hydrogen-bond donors (Lipinski definition) is 1. The molecule has 0 aliphatic carbocycles. The van der Waals surface area contributed by atoms with Crippen LogP contribution in [0.5, 0.6) is 0 Å². The van der Waals surface area contributed by atoms with Gasteiger partial charge in [-0.15, -0.1) is 0 Å². The number of rotatable bonds is 5. The van der Waals surface area contributed by atoms with Crippen LogP contribution in [0.3, 0.4) is 0 Å². The van der Waals surface area contributed by atoms with Gasteiger partial charge in [-0.25, -0.2) is 5.06 Å². The van der Waals surface area contributed by atoms with Crippen molar-refractivity contribution in [2.75, 3.05) is 13.2 Å². The lowest BCUT2D eigenvalue weighted by atomic mass is 10.0. The predicted octanol–water partition coefficient (Wildman–Crippen LogP) is 1.30. The van der Waals surface area contributed by atoms with Crippen LogP contribution in [0, 0.1) is 5.92 Å². The highest BCUT2D eigenvalue weighted by atomic mass is 16.7. The maximum Gasteiger partial charge on any atom is 0.248 e. The summed E-state index contributed by atoms with van der Waals surface area (Å²) in [6, 6.07) is 0.232. The van der Waals surface area contributed by atoms with Crippen molar-refractivity contribution in [2.45, 2.75) is 45.6 Å². The van der Waals surface area contributed by atoms with E-state index in [9.17, 15) is 4.79 Å². The van der Waals surface area contributed by atoms with E-state index in [4.69, 9.17) is 10.6 Å². The first-order chi connectivity index (χ1) is 7.11. The molecule has 2 unspecified atom stereocenters. The summed E-state index contributed by atoms with van der Waals surface area (Å²) in [5.74, 6) is 0.180. The molecule has 2 N–H and O–H groups in total. The second-order valence-corrected chi connectivity index (χ2v) is 4.44. The summed E-state index contributed by atoms with van der Waals surface area (Å²) in [6.45, 7) is 5.38. The molecule has 0 aromatic rings. The first-order valence-electron chi connectivity index (χ1n) is 5.81. The van der Waals surface area contributed by atoms with Crippen molar-refractivity contribution in [1.82, 2.24) is 5.06 Å². The van der Waals surface area contributed by atoms with Gasteiger partial charge in [0.05, 0.1) is 13.2 Å². The van der Waals surface area contributed by atoms with Crippen molar-refractivity contribution >= 4 is 5.91 Å². The minimum atomic E-state index is 0.0573. The molecular formula is C11H22N2O2. The molecule has 4 nitrogen and oxygen atoms in total. The van der Waals surface area contributed by atoms with Crippen LogP contribution >= 0.6 is 0 Å². The summed E-state index contributed by atoms with van der Waals surface area (Å²) < 4.78 is 0. The Kier molecular flexibility index (Phi) is 5.05. The number of nitrogens with two attached hydrogens (primary N) is 1. The van der Waals surface area contributed by atoms with Gasteiger partial charge in [0.2, 0.25) is 5.91 Å². The maximum atomic E-state index is 11.8. The van der Waals surface area contributed by atoms with Gasteiger partial charge >= 0.3 is 0 Å². The number of hydroxylamine groups is 2. The van der Waals surface area contributed by atoms with Crippen molar-refractivity contribution in [3.63, 3.8) is 0 Å². The number of carbonyl (C=O) groups excluding carboxylic acids is 1. The Balaban J connectivity index is 2.20. The first kappa shape index (κ1) is 12.5. The van der Waals surface area contributed by atoms with Crippen molar-refractivity contribution in [1.29, 1.82) is 0 Å². The summed E-state index contributed by atoms with van der Waals surface area (Å²) >= 11 is 0. The molecule has 4 heteroatoms. The topological polar surface area (TPSA) is 55.6 Å². The average Bonchev–Trinajstić information content (AvgIpc) is 2.68. The van der Waals surface area contributed by atoms with Gasteiger partial charge in [-0.1, -0.05) is 13.3 Å². The molecule has 1 aliphatic rings. The van der Waals surface area contributed by atoms with Gasteiger partial charge in [-0.3, -0.25) is 9.63 Å². The zero-order valence-corrected chi connectivity index (χ0v) is 9.74. The lowest BCUT2D eigenvalue weighted by Gasteiger charge is -2.19. The Morgan fingerprint density at radius 3 is 2.73 bits per heavy atom. The van der Waals surface area contributed by atoms with Gasteiger partial charge in [-0.05, 0) is 26.2 Å². The fraction of sp³-hybridized carbons (Fsp3) is 0.909. The van der Waals surface area contributed by atoms with Crippen molar-refractivity contribution in [2.24, 2.45) is 11.7 Å². The zero-order chi connectivity index (χ0) is 11.3. The maximum absolute atomic E-state index is 11.8. The quantitative estimate of drug-likeness (QED) is 0.750. The molecule has 88 valence electrons. The van der Waals surface area contributed by atoms with Gasteiger partial charge < -0.3 is 5.73 Å². The standard InChI is InChI=1S/C11H22N2O2/c1-9(5-3-6-10(2)12)11(14)13-7-4-8-15-13/h9-10H,3-8,12H2,1-2H3. The Morgan fingerprint density at radius 2 is 2.20 bits per heavy atom. The predicted molar refractivity (Wildman–Crippen MR) is 58.9 cm³/mol. The smallest absolute Gasteiger partial charge is 0.248 e. The lowest BCUT2D eigenvalue weighted by Crippen LogP contribution is -2.31. The molecule has 0 aromatic heterocycles. The summed E-state index contributed by atoms with van der Waals surface area (Å²) in [5.41, 5.74) is 5.66. The number of amides is 1.